The van der Waals surface area contributed by atoms with Crippen molar-refractivity contribution >= 4 is 25.7 Å². The van der Waals surface area contributed by atoms with Gasteiger partial charge >= 0.3 is 25.7 Å². The van der Waals surface area contributed by atoms with Crippen LogP contribution >= 0.6 is 7.82 Å². The standard InChI is InChI=1S/C71H127O24P/c1-4-7-10-13-16-19-22-24-26-28-31-34-36-39-42-45-55(73)87-49-52(90-57(75)47-44-41-38-35-32-29-27-25-23-20-17-14-11-8-5-2)50-89-96(85,86)95-69-67(93-70-65(83)60(78)58(76)53(48-72)91-70)63(81)62(80)64(82)68(69)94-71-66(84)61(79)59(77)54(92-71)51-88-56(74)46-43-40-37-33-30-21-18-15-12-9-6-3/h20,23,36,39,42,45,52-54,58-72,76-84H,4-19,21-22,24-35,37-38,40-41,43-44,46-51H2,1-3H3,(H,85,86)/b23-20-,39-36+,45-42+. The predicted molar refractivity (Wildman–Crippen MR) is 361 cm³/mol. The number of phosphoric acid groups is 1. The van der Waals surface area contributed by atoms with Crippen LogP contribution in [0.1, 0.15) is 265 Å². The molecule has 0 spiro atoms. The summed E-state index contributed by atoms with van der Waals surface area (Å²) in [6.45, 7) is 3.29. The number of aliphatic hydroxyl groups is 10. The Morgan fingerprint density at radius 1 is 0.427 bits per heavy atom. The Labute approximate surface area is 572 Å². The smallest absolute Gasteiger partial charge is 0.463 e. The molecular formula is C71H127O24P. The number of hydrogen-bond donors (Lipinski definition) is 11. The van der Waals surface area contributed by atoms with E-state index in [0.29, 0.717) is 19.3 Å². The topological polar surface area (TPSA) is 374 Å². The Morgan fingerprint density at radius 2 is 0.812 bits per heavy atom. The minimum atomic E-state index is -5.72. The molecule has 18 unspecified atom stereocenters. The van der Waals surface area contributed by atoms with E-state index in [1.807, 2.05) is 6.08 Å². The van der Waals surface area contributed by atoms with E-state index in [-0.39, 0.29) is 12.8 Å². The van der Waals surface area contributed by atoms with Crippen LogP contribution in [0.15, 0.2) is 36.5 Å². The highest BCUT2D eigenvalue weighted by Crippen LogP contribution is 2.49. The summed E-state index contributed by atoms with van der Waals surface area (Å²) in [6, 6.07) is 0. The molecule has 2 heterocycles. The molecule has 1 saturated carbocycles. The Bertz CT molecular complexity index is 2140. The monoisotopic (exact) mass is 1390 g/mol. The van der Waals surface area contributed by atoms with Gasteiger partial charge in [0.1, 0.15) is 98.7 Å². The third kappa shape index (κ3) is 36.2. The Kier molecular flexibility index (Phi) is 48.3. The second-order valence-electron chi connectivity index (χ2n) is 26.4. The molecule has 2 aliphatic heterocycles. The van der Waals surface area contributed by atoms with Gasteiger partial charge in [0.25, 0.3) is 0 Å². The molecule has 11 N–H and O–H groups in total. The number of rotatable bonds is 56. The van der Waals surface area contributed by atoms with Crippen LogP contribution in [-0.2, 0) is 61.2 Å². The third-order valence-electron chi connectivity index (χ3n) is 18.0. The molecule has 3 rings (SSSR count). The van der Waals surface area contributed by atoms with E-state index in [2.05, 4.69) is 32.9 Å². The van der Waals surface area contributed by atoms with E-state index in [9.17, 15) is 74.9 Å². The SMILES string of the molecule is CCCCCC/C=C\CCCCCCCCCC(=O)OC(COC(=O)/C=C/C=C/CCCCCCCCCCCCC)COP(=O)(O)OC1C(OC2OC(CO)C(O)C(O)C2O)C(O)C(O)C(O)C1OC1OC(COC(=O)CCCCCCCCCCCCC)C(O)C(O)C1O. The van der Waals surface area contributed by atoms with E-state index in [1.165, 1.54) is 115 Å². The molecule has 0 bridgehead atoms. The number of hydrogen-bond acceptors (Lipinski definition) is 23. The minimum absolute atomic E-state index is 0.0267. The van der Waals surface area contributed by atoms with Crippen molar-refractivity contribution in [2.45, 2.75) is 369 Å². The van der Waals surface area contributed by atoms with E-state index in [4.69, 9.17) is 42.2 Å². The normalized spacial score (nSPS) is 28.1. The number of unbranched alkanes of at least 4 members (excludes halogenated alkanes) is 32. The van der Waals surface area contributed by atoms with Gasteiger partial charge in [-0.1, -0.05) is 231 Å². The first-order valence-electron chi connectivity index (χ1n) is 36.8. The summed E-state index contributed by atoms with van der Waals surface area (Å²) in [5.41, 5.74) is 0. The lowest BCUT2D eigenvalue weighted by molar-refractivity contribution is -0.360. The van der Waals surface area contributed by atoms with Crippen molar-refractivity contribution < 1.29 is 117 Å². The van der Waals surface area contributed by atoms with Crippen LogP contribution in [0.2, 0.25) is 0 Å². The third-order valence-corrected chi connectivity index (χ3v) is 19.0. The van der Waals surface area contributed by atoms with E-state index in [0.717, 1.165) is 109 Å². The maximum absolute atomic E-state index is 14.3. The van der Waals surface area contributed by atoms with Crippen molar-refractivity contribution in [2.75, 3.05) is 26.4 Å². The maximum Gasteiger partial charge on any atom is 0.472 e. The lowest BCUT2D eigenvalue weighted by Crippen LogP contribution is -2.69. The number of esters is 3. The predicted octanol–water partition coefficient (Wildman–Crippen LogP) is 9.51. The van der Waals surface area contributed by atoms with Crippen molar-refractivity contribution in [2.24, 2.45) is 0 Å². The summed E-state index contributed by atoms with van der Waals surface area (Å²) < 4.78 is 64.7. The van der Waals surface area contributed by atoms with Crippen LogP contribution < -0.4 is 0 Å². The molecule has 3 fully saturated rings. The fraction of sp³-hybridized carbons (Fsp3) is 0.873. The minimum Gasteiger partial charge on any atom is -0.463 e. The zero-order chi connectivity index (χ0) is 70.4. The van der Waals surface area contributed by atoms with Gasteiger partial charge in [-0.3, -0.25) is 18.6 Å². The quantitative estimate of drug-likeness (QED) is 0.00513. The van der Waals surface area contributed by atoms with Gasteiger partial charge in [0.05, 0.1) is 13.2 Å². The van der Waals surface area contributed by atoms with Gasteiger partial charge in [-0.05, 0) is 51.4 Å². The highest BCUT2D eigenvalue weighted by atomic mass is 31.2. The number of aliphatic hydroxyl groups excluding tert-OH is 10. The molecular weight excluding hydrogens is 1270 g/mol. The van der Waals surface area contributed by atoms with Gasteiger partial charge < -0.3 is 89.1 Å². The molecule has 24 nitrogen and oxygen atoms in total. The first-order valence-corrected chi connectivity index (χ1v) is 38.3. The summed E-state index contributed by atoms with van der Waals surface area (Å²) in [4.78, 5) is 50.8. The van der Waals surface area contributed by atoms with Crippen LogP contribution in [-0.4, -0.2) is 204 Å². The van der Waals surface area contributed by atoms with Crippen molar-refractivity contribution in [3.8, 4) is 0 Å². The first kappa shape index (κ1) is 87.4. The van der Waals surface area contributed by atoms with Crippen LogP contribution in [0.3, 0.4) is 0 Å². The average Bonchev–Trinajstić information content (AvgIpc) is 0.765. The van der Waals surface area contributed by atoms with Gasteiger partial charge in [0, 0.05) is 18.9 Å². The molecule has 0 aromatic rings. The molecule has 3 aliphatic rings. The van der Waals surface area contributed by atoms with Crippen molar-refractivity contribution in [1.82, 2.24) is 0 Å². The molecule has 25 heteroatoms. The Hall–Kier alpha value is -2.82. The Morgan fingerprint density at radius 3 is 1.27 bits per heavy atom. The van der Waals surface area contributed by atoms with Crippen LogP contribution in [0.4, 0.5) is 0 Å². The molecule has 2 saturated heterocycles. The van der Waals surface area contributed by atoms with E-state index < -0.39 is 156 Å². The van der Waals surface area contributed by atoms with Gasteiger partial charge in [-0.25, -0.2) is 9.36 Å². The highest BCUT2D eigenvalue weighted by Gasteiger charge is 2.58. The number of ether oxygens (including phenoxy) is 7. The summed E-state index contributed by atoms with van der Waals surface area (Å²) in [5.74, 6) is -2.25. The largest absolute Gasteiger partial charge is 0.472 e. The molecule has 0 amide bonds. The lowest BCUT2D eigenvalue weighted by atomic mass is 9.84. The summed E-state index contributed by atoms with van der Waals surface area (Å²) >= 11 is 0. The van der Waals surface area contributed by atoms with Crippen molar-refractivity contribution in [3.05, 3.63) is 36.5 Å². The maximum atomic E-state index is 14.3. The molecule has 96 heavy (non-hydrogen) atoms. The molecule has 18 atom stereocenters. The molecule has 560 valence electrons. The van der Waals surface area contributed by atoms with Crippen molar-refractivity contribution in [3.63, 3.8) is 0 Å². The van der Waals surface area contributed by atoms with E-state index in [1.54, 1.807) is 6.08 Å². The van der Waals surface area contributed by atoms with Crippen LogP contribution in [0.5, 0.6) is 0 Å². The van der Waals surface area contributed by atoms with Gasteiger partial charge in [0.2, 0.25) is 0 Å². The molecule has 1 aliphatic carbocycles. The van der Waals surface area contributed by atoms with Crippen molar-refractivity contribution in [1.29, 1.82) is 0 Å². The number of phosphoric ester groups is 1. The van der Waals surface area contributed by atoms with Crippen LogP contribution in [0, 0.1) is 0 Å². The average molecular weight is 1400 g/mol. The highest BCUT2D eigenvalue weighted by molar-refractivity contribution is 7.47. The Balaban J connectivity index is 1.77. The number of carbonyl (C=O) groups is 3. The second-order valence-corrected chi connectivity index (χ2v) is 27.8. The number of allylic oxidation sites excluding steroid dienone is 5. The summed E-state index contributed by atoms with van der Waals surface area (Å²) in [5, 5.41) is 110. The fourth-order valence-electron chi connectivity index (χ4n) is 12.0. The van der Waals surface area contributed by atoms with Crippen LogP contribution in [0.25, 0.3) is 0 Å². The fourth-order valence-corrected chi connectivity index (χ4v) is 12.9. The molecule has 0 aromatic carbocycles. The zero-order valence-corrected chi connectivity index (χ0v) is 59.0. The lowest BCUT2D eigenvalue weighted by Gasteiger charge is -2.49. The van der Waals surface area contributed by atoms with E-state index >= 15 is 0 Å². The van der Waals surface area contributed by atoms with Gasteiger partial charge in [-0.2, -0.15) is 0 Å². The zero-order valence-electron chi connectivity index (χ0n) is 58.2. The molecule has 0 radical (unpaired) electrons. The second kappa shape index (κ2) is 53.1. The summed E-state index contributed by atoms with van der Waals surface area (Å²) in [7, 11) is -5.72. The number of carbonyl (C=O) groups excluding carboxylic acids is 3. The van der Waals surface area contributed by atoms with Gasteiger partial charge in [0.15, 0.2) is 18.7 Å². The first-order chi connectivity index (χ1) is 46.3. The molecule has 0 aromatic heterocycles. The van der Waals surface area contributed by atoms with Gasteiger partial charge in [-0.15, -0.1) is 0 Å². The summed E-state index contributed by atoms with van der Waals surface area (Å²) in [6.07, 6.45) is 14.4.